The molecule has 0 spiro atoms. The van der Waals surface area contributed by atoms with E-state index in [2.05, 4.69) is 55.6 Å². The molecule has 1 fully saturated rings. The average molecular weight is 445 g/mol. The fourth-order valence-corrected chi connectivity index (χ4v) is 3.25. The van der Waals surface area contributed by atoms with Gasteiger partial charge in [-0.3, -0.25) is 4.79 Å². The lowest BCUT2D eigenvalue weighted by molar-refractivity contribution is 0.957. The van der Waals surface area contributed by atoms with Crippen molar-refractivity contribution >= 4 is 38.5 Å². The highest BCUT2D eigenvalue weighted by Gasteiger charge is 2.29. The second-order valence-electron chi connectivity index (χ2n) is 5.31. The van der Waals surface area contributed by atoms with Crippen molar-refractivity contribution in [2.24, 2.45) is 0 Å². The van der Waals surface area contributed by atoms with Crippen LogP contribution in [0.4, 0.5) is 0 Å². The Kier molecular flexibility index (Phi) is 3.75. The Hall–Kier alpha value is -0.690. The maximum atomic E-state index is 12.1. The van der Waals surface area contributed by atoms with E-state index in [1.165, 1.54) is 0 Å². The van der Waals surface area contributed by atoms with E-state index in [0.29, 0.717) is 11.7 Å². The molecule has 5 heteroatoms. The molecule has 1 aromatic carbocycles. The summed E-state index contributed by atoms with van der Waals surface area (Å²) < 4.78 is 1.84. The quantitative estimate of drug-likeness (QED) is 0.702. The number of H-pyrrole nitrogens is 1. The normalized spacial score (nSPS) is 14.6. The third kappa shape index (κ3) is 2.57. The molecule has 0 aliphatic heterocycles. The molecule has 104 valence electrons. The molecule has 1 aromatic heterocycles. The van der Waals surface area contributed by atoms with Gasteiger partial charge in [-0.2, -0.15) is 0 Å². The Morgan fingerprint density at radius 2 is 1.90 bits per heavy atom. The van der Waals surface area contributed by atoms with Gasteiger partial charge in [-0.25, -0.2) is 4.98 Å². The van der Waals surface area contributed by atoms with Gasteiger partial charge < -0.3 is 4.98 Å². The molecule has 0 radical (unpaired) electrons. The van der Waals surface area contributed by atoms with Gasteiger partial charge >= 0.3 is 0 Å². The van der Waals surface area contributed by atoms with Gasteiger partial charge in [-0.1, -0.05) is 15.9 Å². The third-order valence-corrected chi connectivity index (χ3v) is 5.86. The molecule has 1 aliphatic carbocycles. The molecule has 0 bridgehead atoms. The number of benzene rings is 1. The van der Waals surface area contributed by atoms with Crippen LogP contribution in [0.2, 0.25) is 0 Å². The van der Waals surface area contributed by atoms with Gasteiger partial charge in [-0.15, -0.1) is 0 Å². The minimum Gasteiger partial charge on any atom is -0.306 e. The Morgan fingerprint density at radius 1 is 1.30 bits per heavy atom. The van der Waals surface area contributed by atoms with Crippen molar-refractivity contribution in [3.05, 3.63) is 47.4 Å². The van der Waals surface area contributed by atoms with Crippen molar-refractivity contribution in [2.75, 3.05) is 0 Å². The first-order chi connectivity index (χ1) is 9.47. The number of aryl methyl sites for hydroxylation is 2. The molecule has 1 aliphatic rings. The van der Waals surface area contributed by atoms with Crippen LogP contribution in [0.25, 0.3) is 11.4 Å². The standard InChI is InChI=1S/C15H14BrIN2O/c1-7-5-10(6-8(2)11(7)16)14-18-13(9-3-4-9)12(17)15(20)19-14/h5-6,9H,3-4H2,1-2H3,(H,18,19,20). The fourth-order valence-electron chi connectivity index (χ4n) is 2.32. The SMILES string of the molecule is Cc1cc(-c2nc(C3CC3)c(I)c(=O)[nH]2)cc(C)c1Br. The van der Waals surface area contributed by atoms with Crippen molar-refractivity contribution in [1.82, 2.24) is 9.97 Å². The van der Waals surface area contributed by atoms with E-state index >= 15 is 0 Å². The minimum atomic E-state index is -0.0317. The molecular weight excluding hydrogens is 431 g/mol. The summed E-state index contributed by atoms with van der Waals surface area (Å²) in [6, 6.07) is 4.11. The average Bonchev–Trinajstić information content (AvgIpc) is 3.22. The second kappa shape index (κ2) is 5.26. The summed E-state index contributed by atoms with van der Waals surface area (Å²) >= 11 is 5.67. The highest BCUT2D eigenvalue weighted by atomic mass is 127. The van der Waals surface area contributed by atoms with E-state index in [-0.39, 0.29) is 5.56 Å². The van der Waals surface area contributed by atoms with Crippen LogP contribution in [0.3, 0.4) is 0 Å². The van der Waals surface area contributed by atoms with Gasteiger partial charge in [0.1, 0.15) is 5.82 Å². The zero-order valence-corrected chi connectivity index (χ0v) is 15.0. The maximum absolute atomic E-state index is 12.1. The van der Waals surface area contributed by atoms with Crippen molar-refractivity contribution < 1.29 is 0 Å². The maximum Gasteiger partial charge on any atom is 0.264 e. The molecule has 3 nitrogen and oxygen atoms in total. The molecule has 1 N–H and O–H groups in total. The largest absolute Gasteiger partial charge is 0.306 e. The van der Waals surface area contributed by atoms with Gasteiger partial charge in [0, 0.05) is 16.0 Å². The van der Waals surface area contributed by atoms with E-state index in [1.807, 2.05) is 13.8 Å². The summed E-state index contributed by atoms with van der Waals surface area (Å²) in [5, 5.41) is 0. The number of nitrogens with one attached hydrogen (secondary N) is 1. The van der Waals surface area contributed by atoms with Crippen LogP contribution in [0.15, 0.2) is 21.4 Å². The molecule has 0 unspecified atom stereocenters. The van der Waals surface area contributed by atoms with Crippen LogP contribution in [-0.4, -0.2) is 9.97 Å². The van der Waals surface area contributed by atoms with Gasteiger partial charge in [0.15, 0.2) is 0 Å². The van der Waals surface area contributed by atoms with Crippen LogP contribution in [0.1, 0.15) is 35.6 Å². The van der Waals surface area contributed by atoms with Crippen LogP contribution < -0.4 is 5.56 Å². The fraction of sp³-hybridized carbons (Fsp3) is 0.333. The van der Waals surface area contributed by atoms with Crippen LogP contribution >= 0.6 is 38.5 Å². The molecule has 2 aromatic rings. The summed E-state index contributed by atoms with van der Waals surface area (Å²) in [5.41, 5.74) is 4.19. The number of hydrogen-bond acceptors (Lipinski definition) is 2. The highest BCUT2D eigenvalue weighted by Crippen LogP contribution is 2.40. The Bertz CT molecular complexity index is 727. The first-order valence-electron chi connectivity index (χ1n) is 6.54. The summed E-state index contributed by atoms with van der Waals surface area (Å²) in [4.78, 5) is 19.7. The molecule has 1 saturated carbocycles. The van der Waals surface area contributed by atoms with Gasteiger partial charge in [0.2, 0.25) is 0 Å². The second-order valence-corrected chi connectivity index (χ2v) is 7.18. The molecule has 0 saturated heterocycles. The first kappa shape index (κ1) is 14.3. The Morgan fingerprint density at radius 3 is 2.45 bits per heavy atom. The highest BCUT2D eigenvalue weighted by molar-refractivity contribution is 14.1. The predicted molar refractivity (Wildman–Crippen MR) is 92.2 cm³/mol. The van der Waals surface area contributed by atoms with E-state index in [1.54, 1.807) is 0 Å². The van der Waals surface area contributed by atoms with Crippen molar-refractivity contribution in [3.63, 3.8) is 0 Å². The number of aromatic amines is 1. The Labute approximate surface area is 139 Å². The van der Waals surface area contributed by atoms with E-state index in [9.17, 15) is 4.79 Å². The lowest BCUT2D eigenvalue weighted by Gasteiger charge is -2.09. The van der Waals surface area contributed by atoms with Gasteiger partial charge in [-0.05, 0) is 72.5 Å². The lowest BCUT2D eigenvalue weighted by atomic mass is 10.1. The minimum absolute atomic E-state index is 0.0317. The molecule has 20 heavy (non-hydrogen) atoms. The monoisotopic (exact) mass is 444 g/mol. The zero-order valence-electron chi connectivity index (χ0n) is 11.3. The van der Waals surface area contributed by atoms with Crippen LogP contribution in [-0.2, 0) is 0 Å². The van der Waals surface area contributed by atoms with Crippen molar-refractivity contribution in [3.8, 4) is 11.4 Å². The molecule has 0 amide bonds. The number of hydrogen-bond donors (Lipinski definition) is 1. The van der Waals surface area contributed by atoms with E-state index in [4.69, 9.17) is 4.98 Å². The van der Waals surface area contributed by atoms with E-state index in [0.717, 1.165) is 43.3 Å². The Balaban J connectivity index is 2.17. The number of nitrogens with zero attached hydrogens (tertiary/aromatic N) is 1. The molecule has 1 heterocycles. The van der Waals surface area contributed by atoms with Gasteiger partial charge in [0.25, 0.3) is 5.56 Å². The summed E-state index contributed by atoms with van der Waals surface area (Å²) in [7, 11) is 0. The van der Waals surface area contributed by atoms with Crippen LogP contribution in [0, 0.1) is 17.4 Å². The topological polar surface area (TPSA) is 45.8 Å². The number of halogens is 2. The molecule has 3 rings (SSSR count). The number of rotatable bonds is 2. The van der Waals surface area contributed by atoms with Crippen molar-refractivity contribution in [2.45, 2.75) is 32.6 Å². The number of aromatic nitrogens is 2. The van der Waals surface area contributed by atoms with Crippen molar-refractivity contribution in [1.29, 1.82) is 0 Å². The molecular formula is C15H14BrIN2O. The lowest BCUT2D eigenvalue weighted by Crippen LogP contribution is -2.16. The van der Waals surface area contributed by atoms with E-state index < -0.39 is 0 Å². The molecule has 0 atom stereocenters. The van der Waals surface area contributed by atoms with Crippen LogP contribution in [0.5, 0.6) is 0 Å². The predicted octanol–water partition coefficient (Wildman–Crippen LogP) is 4.30. The first-order valence-corrected chi connectivity index (χ1v) is 8.41. The summed E-state index contributed by atoms with van der Waals surface area (Å²) in [5.74, 6) is 1.15. The third-order valence-electron chi connectivity index (χ3n) is 3.56. The zero-order chi connectivity index (χ0) is 14.4. The smallest absolute Gasteiger partial charge is 0.264 e. The summed E-state index contributed by atoms with van der Waals surface area (Å²) in [6.45, 7) is 4.10. The van der Waals surface area contributed by atoms with Gasteiger partial charge in [0.05, 0.1) is 9.26 Å². The summed E-state index contributed by atoms with van der Waals surface area (Å²) in [6.07, 6.45) is 2.29.